The summed E-state index contributed by atoms with van der Waals surface area (Å²) >= 11 is 0. The normalized spacial score (nSPS) is 12.1. The van der Waals surface area contributed by atoms with Gasteiger partial charge in [-0.25, -0.2) is 18.1 Å². The van der Waals surface area contributed by atoms with Gasteiger partial charge in [-0.3, -0.25) is 4.68 Å². The molecule has 9 heteroatoms. The number of nitrogens with zero attached hydrogens (tertiary/aromatic N) is 4. The monoisotopic (exact) mass is 307 g/mol. The predicted molar refractivity (Wildman–Crippen MR) is 73.8 cm³/mol. The first-order valence-electron chi connectivity index (χ1n) is 6.16. The first-order valence-corrected chi connectivity index (χ1v) is 7.64. The van der Waals surface area contributed by atoms with Crippen molar-refractivity contribution in [1.82, 2.24) is 24.5 Å². The van der Waals surface area contributed by atoms with Gasteiger partial charge >= 0.3 is 0 Å². The number of aryl methyl sites for hydroxylation is 1. The summed E-state index contributed by atoms with van der Waals surface area (Å²) in [6, 6.07) is 3.44. The minimum Gasteiger partial charge on any atom is -0.437 e. The van der Waals surface area contributed by atoms with Gasteiger partial charge in [0.15, 0.2) is 11.2 Å². The lowest BCUT2D eigenvalue weighted by molar-refractivity contribution is 0.513. The maximum atomic E-state index is 12.2. The van der Waals surface area contributed by atoms with E-state index in [1.165, 1.54) is 10.9 Å². The Bertz CT molecular complexity index is 864. The minimum absolute atomic E-state index is 0.0486. The van der Waals surface area contributed by atoms with E-state index in [1.54, 1.807) is 32.3 Å². The third kappa shape index (κ3) is 2.52. The summed E-state index contributed by atoms with van der Waals surface area (Å²) in [6.07, 6.45) is 2.91. The highest BCUT2D eigenvalue weighted by Crippen LogP contribution is 2.15. The van der Waals surface area contributed by atoms with E-state index in [2.05, 4.69) is 19.8 Å². The molecule has 0 aliphatic heterocycles. The van der Waals surface area contributed by atoms with Crippen molar-refractivity contribution in [3.8, 4) is 0 Å². The number of hydrogen-bond acceptors (Lipinski definition) is 6. The summed E-state index contributed by atoms with van der Waals surface area (Å²) in [7, 11) is -1.98. The Hall–Kier alpha value is -2.26. The van der Waals surface area contributed by atoms with E-state index in [0.717, 1.165) is 0 Å². The van der Waals surface area contributed by atoms with Gasteiger partial charge in [0.2, 0.25) is 15.9 Å². The van der Waals surface area contributed by atoms with Crippen molar-refractivity contribution < 1.29 is 12.8 Å². The van der Waals surface area contributed by atoms with Gasteiger partial charge in [0.1, 0.15) is 4.90 Å². The molecule has 0 radical (unpaired) electrons. The fraction of sp³-hybridized carbons (Fsp3) is 0.250. The molecule has 0 aliphatic carbocycles. The van der Waals surface area contributed by atoms with Crippen LogP contribution in [-0.2, 0) is 23.6 Å². The lowest BCUT2D eigenvalue weighted by atomic mass is 10.5. The molecule has 3 aromatic rings. The third-order valence-electron chi connectivity index (χ3n) is 3.10. The van der Waals surface area contributed by atoms with Crippen LogP contribution >= 0.6 is 0 Å². The van der Waals surface area contributed by atoms with Crippen molar-refractivity contribution in [2.24, 2.45) is 7.05 Å². The van der Waals surface area contributed by atoms with Gasteiger partial charge in [0, 0.05) is 13.2 Å². The average molecular weight is 307 g/mol. The van der Waals surface area contributed by atoms with Crippen LogP contribution in [-0.4, -0.2) is 28.2 Å². The second-order valence-electron chi connectivity index (χ2n) is 4.48. The lowest BCUT2D eigenvalue weighted by Gasteiger charge is -2.03. The van der Waals surface area contributed by atoms with Gasteiger partial charge in [0.05, 0.1) is 18.4 Å². The van der Waals surface area contributed by atoms with E-state index in [0.29, 0.717) is 16.9 Å². The molecule has 3 rings (SSSR count). The fourth-order valence-electron chi connectivity index (χ4n) is 1.87. The van der Waals surface area contributed by atoms with E-state index in [-0.39, 0.29) is 17.3 Å². The zero-order valence-corrected chi connectivity index (χ0v) is 12.3. The molecule has 8 nitrogen and oxygen atoms in total. The van der Waals surface area contributed by atoms with Crippen LogP contribution in [0.25, 0.3) is 11.2 Å². The van der Waals surface area contributed by atoms with Gasteiger partial charge in [-0.15, -0.1) is 0 Å². The average Bonchev–Trinajstić information content (AvgIpc) is 3.01. The zero-order valence-electron chi connectivity index (χ0n) is 11.4. The molecular weight excluding hydrogens is 294 g/mol. The molecule has 1 N–H and O–H groups in total. The van der Waals surface area contributed by atoms with Crippen molar-refractivity contribution in [1.29, 1.82) is 0 Å². The van der Waals surface area contributed by atoms with Crippen LogP contribution in [0.4, 0.5) is 0 Å². The Kier molecular flexibility index (Phi) is 3.22. The third-order valence-corrected chi connectivity index (χ3v) is 4.61. The fourth-order valence-corrected chi connectivity index (χ4v) is 3.04. The predicted octanol–water partition coefficient (Wildman–Crippen LogP) is 0.743. The molecule has 0 atom stereocenters. The van der Waals surface area contributed by atoms with Gasteiger partial charge in [0.25, 0.3) is 0 Å². The van der Waals surface area contributed by atoms with Gasteiger partial charge in [-0.2, -0.15) is 10.1 Å². The maximum absolute atomic E-state index is 12.2. The molecule has 0 aromatic carbocycles. The Morgan fingerprint density at radius 2 is 2.24 bits per heavy atom. The Morgan fingerprint density at radius 1 is 1.43 bits per heavy atom. The quantitative estimate of drug-likeness (QED) is 0.762. The second kappa shape index (κ2) is 4.93. The second-order valence-corrected chi connectivity index (χ2v) is 6.21. The van der Waals surface area contributed by atoms with E-state index >= 15 is 0 Å². The molecule has 0 saturated heterocycles. The summed E-state index contributed by atoms with van der Waals surface area (Å²) in [4.78, 5) is 8.28. The minimum atomic E-state index is -3.66. The summed E-state index contributed by atoms with van der Waals surface area (Å²) in [6.45, 7) is 1.64. The smallest absolute Gasteiger partial charge is 0.244 e. The summed E-state index contributed by atoms with van der Waals surface area (Å²) in [5, 5.41) is 3.92. The Labute approximate surface area is 120 Å². The zero-order chi connectivity index (χ0) is 15.0. The highest BCUT2D eigenvalue weighted by Gasteiger charge is 2.20. The first-order chi connectivity index (χ1) is 9.97. The molecule has 21 heavy (non-hydrogen) atoms. The number of pyridine rings is 1. The van der Waals surface area contributed by atoms with Gasteiger partial charge in [-0.1, -0.05) is 0 Å². The topological polar surface area (TPSA) is 103 Å². The van der Waals surface area contributed by atoms with Crippen LogP contribution < -0.4 is 4.72 Å². The number of hydrogen-bond donors (Lipinski definition) is 1. The van der Waals surface area contributed by atoms with E-state index in [4.69, 9.17) is 4.42 Å². The Morgan fingerprint density at radius 3 is 2.90 bits per heavy atom. The molecule has 0 saturated carbocycles. The molecule has 0 unspecified atom stereocenters. The summed E-state index contributed by atoms with van der Waals surface area (Å²) in [5.41, 5.74) is 1.52. The molecule has 3 heterocycles. The molecule has 3 aromatic heterocycles. The van der Waals surface area contributed by atoms with E-state index < -0.39 is 10.0 Å². The van der Waals surface area contributed by atoms with Crippen molar-refractivity contribution in [3.05, 3.63) is 36.1 Å². The molecule has 0 fully saturated rings. The van der Waals surface area contributed by atoms with Gasteiger partial charge < -0.3 is 4.42 Å². The molecule has 0 bridgehead atoms. The maximum Gasteiger partial charge on any atom is 0.244 e. The molecule has 0 aliphatic rings. The highest BCUT2D eigenvalue weighted by molar-refractivity contribution is 7.89. The van der Waals surface area contributed by atoms with Crippen LogP contribution in [0.3, 0.4) is 0 Å². The van der Waals surface area contributed by atoms with Crippen LogP contribution in [0.2, 0.25) is 0 Å². The number of aromatic nitrogens is 4. The number of sulfonamides is 1. The van der Waals surface area contributed by atoms with E-state index in [1.807, 2.05) is 0 Å². The number of rotatable bonds is 4. The number of fused-ring (bicyclic) bond motifs is 1. The van der Waals surface area contributed by atoms with E-state index in [9.17, 15) is 8.42 Å². The lowest BCUT2D eigenvalue weighted by Crippen LogP contribution is -2.23. The molecular formula is C12H13N5O3S. The largest absolute Gasteiger partial charge is 0.437 e. The first kappa shape index (κ1) is 13.7. The van der Waals surface area contributed by atoms with Crippen molar-refractivity contribution >= 4 is 21.3 Å². The van der Waals surface area contributed by atoms with Crippen LogP contribution in [0, 0.1) is 6.92 Å². The van der Waals surface area contributed by atoms with Gasteiger partial charge in [-0.05, 0) is 19.1 Å². The summed E-state index contributed by atoms with van der Waals surface area (Å²) in [5.74, 6) is 0.258. The number of oxazole rings is 1. The van der Waals surface area contributed by atoms with Crippen LogP contribution in [0.5, 0.6) is 0 Å². The number of nitrogens with one attached hydrogen (secondary N) is 1. The summed E-state index contributed by atoms with van der Waals surface area (Å²) < 4.78 is 33.8. The van der Waals surface area contributed by atoms with Crippen LogP contribution in [0.1, 0.15) is 11.6 Å². The Balaban J connectivity index is 1.82. The van der Waals surface area contributed by atoms with Crippen molar-refractivity contribution in [3.63, 3.8) is 0 Å². The van der Waals surface area contributed by atoms with Crippen molar-refractivity contribution in [2.45, 2.75) is 18.4 Å². The van der Waals surface area contributed by atoms with Crippen LogP contribution in [0.15, 0.2) is 33.8 Å². The standard InChI is InChI=1S/C12H13N5O3S/c1-8-10(6-14-17(8)2)21(18,19)15-7-11-16-12-9(20-11)4-3-5-13-12/h3-6,15H,7H2,1-2H3. The molecule has 110 valence electrons. The molecule has 0 spiro atoms. The molecule has 0 amide bonds. The highest BCUT2D eigenvalue weighted by atomic mass is 32.2. The van der Waals surface area contributed by atoms with Crippen molar-refractivity contribution in [2.75, 3.05) is 0 Å². The SMILES string of the molecule is Cc1c(S(=O)(=O)NCc2nc3ncccc3o2)cnn1C.